The lowest BCUT2D eigenvalue weighted by atomic mass is 10.1. The largest absolute Gasteiger partial charge is 0.371 e. The summed E-state index contributed by atoms with van der Waals surface area (Å²) in [7, 11) is 0. The number of aryl methyl sites for hydroxylation is 1. The molecule has 0 atom stereocenters. The third kappa shape index (κ3) is 4.90. The molecule has 25 heavy (non-hydrogen) atoms. The van der Waals surface area contributed by atoms with Crippen LogP contribution in [0.15, 0.2) is 42.5 Å². The number of para-hydroxylation sites is 1. The lowest BCUT2D eigenvalue weighted by Crippen LogP contribution is -2.29. The summed E-state index contributed by atoms with van der Waals surface area (Å²) in [6.07, 6.45) is 3.20. The molecular weight excluding hydrogens is 355 g/mol. The van der Waals surface area contributed by atoms with E-state index in [2.05, 4.69) is 34.5 Å². The molecule has 5 heteroatoms. The number of hydrogen-bond acceptors (Lipinski definition) is 2. The van der Waals surface area contributed by atoms with Gasteiger partial charge in [-0.1, -0.05) is 47.5 Å². The fourth-order valence-electron chi connectivity index (χ4n) is 3.18. The first-order valence-corrected chi connectivity index (χ1v) is 9.42. The van der Waals surface area contributed by atoms with Crippen LogP contribution in [0.2, 0.25) is 10.0 Å². The highest BCUT2D eigenvalue weighted by Gasteiger charge is 2.17. The molecule has 0 spiro atoms. The first-order chi connectivity index (χ1) is 12.1. The van der Waals surface area contributed by atoms with Crippen LogP contribution in [0, 0.1) is 0 Å². The van der Waals surface area contributed by atoms with Gasteiger partial charge in [0.1, 0.15) is 0 Å². The summed E-state index contributed by atoms with van der Waals surface area (Å²) in [6.45, 7) is 2.76. The van der Waals surface area contributed by atoms with Gasteiger partial charge < -0.3 is 10.2 Å². The van der Waals surface area contributed by atoms with Gasteiger partial charge in [0, 0.05) is 31.7 Å². The van der Waals surface area contributed by atoms with Crippen molar-refractivity contribution in [2.45, 2.75) is 25.7 Å². The fourth-order valence-corrected chi connectivity index (χ4v) is 3.50. The molecular formula is C20H22Cl2N2O. The number of benzene rings is 2. The monoisotopic (exact) mass is 376 g/mol. The molecule has 2 aromatic carbocycles. The molecule has 1 amide bonds. The Labute approximate surface area is 158 Å². The molecule has 0 bridgehead atoms. The van der Waals surface area contributed by atoms with E-state index in [0.717, 1.165) is 31.5 Å². The van der Waals surface area contributed by atoms with Crippen molar-refractivity contribution in [3.63, 3.8) is 0 Å². The third-order valence-electron chi connectivity index (χ3n) is 4.54. The molecule has 0 saturated heterocycles. The first-order valence-electron chi connectivity index (χ1n) is 8.67. The van der Waals surface area contributed by atoms with Crippen LogP contribution in [-0.2, 0) is 17.6 Å². The third-order valence-corrected chi connectivity index (χ3v) is 5.27. The summed E-state index contributed by atoms with van der Waals surface area (Å²) in [5, 5.41) is 4.08. The molecule has 0 saturated carbocycles. The first kappa shape index (κ1) is 18.1. The van der Waals surface area contributed by atoms with E-state index in [9.17, 15) is 4.79 Å². The summed E-state index contributed by atoms with van der Waals surface area (Å²) >= 11 is 11.9. The van der Waals surface area contributed by atoms with E-state index in [0.29, 0.717) is 29.4 Å². The van der Waals surface area contributed by atoms with Crippen molar-refractivity contribution < 1.29 is 4.79 Å². The van der Waals surface area contributed by atoms with Crippen molar-refractivity contribution in [2.24, 2.45) is 0 Å². The SMILES string of the molecule is O=C(CCc1ccc(Cl)c(Cl)c1)NCCCN1CCc2ccccc21. The standard InChI is InChI=1S/C20H22Cl2N2O/c21-17-8-6-15(14-18(17)22)7-9-20(25)23-11-3-12-24-13-10-16-4-1-2-5-19(16)24/h1-2,4-6,8,14H,3,7,9-13H2,(H,23,25). The number of carbonyl (C=O) groups excluding carboxylic acids is 1. The lowest BCUT2D eigenvalue weighted by Gasteiger charge is -2.19. The molecule has 0 radical (unpaired) electrons. The van der Waals surface area contributed by atoms with Crippen LogP contribution in [0.1, 0.15) is 24.0 Å². The number of nitrogens with zero attached hydrogens (tertiary/aromatic N) is 1. The highest BCUT2D eigenvalue weighted by Crippen LogP contribution is 2.27. The van der Waals surface area contributed by atoms with Crippen LogP contribution in [0.3, 0.4) is 0 Å². The quantitative estimate of drug-likeness (QED) is 0.721. The summed E-state index contributed by atoms with van der Waals surface area (Å²) in [6, 6.07) is 14.1. The smallest absolute Gasteiger partial charge is 0.220 e. The van der Waals surface area contributed by atoms with Gasteiger partial charge in [-0.15, -0.1) is 0 Å². The van der Waals surface area contributed by atoms with Crippen LogP contribution in [0.4, 0.5) is 5.69 Å². The molecule has 0 unspecified atom stereocenters. The van der Waals surface area contributed by atoms with E-state index in [-0.39, 0.29) is 5.91 Å². The molecule has 0 aliphatic carbocycles. The van der Waals surface area contributed by atoms with Crippen LogP contribution in [0.25, 0.3) is 0 Å². The Morgan fingerprint density at radius 1 is 1.12 bits per heavy atom. The number of amides is 1. The maximum Gasteiger partial charge on any atom is 0.220 e. The fraction of sp³-hybridized carbons (Fsp3) is 0.350. The Hall–Kier alpha value is -1.71. The molecule has 1 aliphatic rings. The number of halogens is 2. The van der Waals surface area contributed by atoms with E-state index in [1.54, 1.807) is 6.07 Å². The Morgan fingerprint density at radius 2 is 1.96 bits per heavy atom. The number of fused-ring (bicyclic) bond motifs is 1. The molecule has 1 N–H and O–H groups in total. The maximum absolute atomic E-state index is 12.0. The molecule has 1 aliphatic heterocycles. The van der Waals surface area contributed by atoms with Crippen molar-refractivity contribution in [3.05, 3.63) is 63.6 Å². The summed E-state index contributed by atoms with van der Waals surface area (Å²) < 4.78 is 0. The highest BCUT2D eigenvalue weighted by atomic mass is 35.5. The van der Waals surface area contributed by atoms with Crippen molar-refractivity contribution in [2.75, 3.05) is 24.5 Å². The zero-order valence-electron chi connectivity index (χ0n) is 14.1. The summed E-state index contributed by atoms with van der Waals surface area (Å²) in [5.41, 5.74) is 3.79. The summed E-state index contributed by atoms with van der Waals surface area (Å²) in [5.74, 6) is 0.0768. The Kier molecular flexibility index (Phi) is 6.22. The van der Waals surface area contributed by atoms with Gasteiger partial charge in [-0.2, -0.15) is 0 Å². The maximum atomic E-state index is 12.0. The van der Waals surface area contributed by atoms with E-state index >= 15 is 0 Å². The number of nitrogens with one attached hydrogen (secondary N) is 1. The van der Waals surface area contributed by atoms with Crippen molar-refractivity contribution in [3.8, 4) is 0 Å². The second kappa shape index (κ2) is 8.59. The van der Waals surface area contributed by atoms with E-state index < -0.39 is 0 Å². The number of carbonyl (C=O) groups is 1. The number of anilines is 1. The molecule has 132 valence electrons. The number of hydrogen-bond donors (Lipinski definition) is 1. The van der Waals surface area contributed by atoms with E-state index in [1.807, 2.05) is 12.1 Å². The van der Waals surface area contributed by atoms with Gasteiger partial charge >= 0.3 is 0 Å². The van der Waals surface area contributed by atoms with Crippen LogP contribution >= 0.6 is 23.2 Å². The minimum Gasteiger partial charge on any atom is -0.371 e. The topological polar surface area (TPSA) is 32.3 Å². The number of rotatable bonds is 7. The Morgan fingerprint density at radius 3 is 2.80 bits per heavy atom. The van der Waals surface area contributed by atoms with Gasteiger partial charge in [-0.05, 0) is 48.6 Å². The second-order valence-electron chi connectivity index (χ2n) is 6.32. The average Bonchev–Trinajstić information content (AvgIpc) is 3.03. The zero-order chi connectivity index (χ0) is 17.6. The van der Waals surface area contributed by atoms with E-state index in [4.69, 9.17) is 23.2 Å². The molecule has 3 nitrogen and oxygen atoms in total. The van der Waals surface area contributed by atoms with Crippen molar-refractivity contribution in [1.29, 1.82) is 0 Å². The lowest BCUT2D eigenvalue weighted by molar-refractivity contribution is -0.121. The molecule has 3 rings (SSSR count). The van der Waals surface area contributed by atoms with Gasteiger partial charge in [-0.3, -0.25) is 4.79 Å². The second-order valence-corrected chi connectivity index (χ2v) is 7.13. The Balaban J connectivity index is 1.35. The predicted octanol–water partition coefficient (Wildman–Crippen LogP) is 4.50. The minimum atomic E-state index is 0.0768. The molecule has 0 fully saturated rings. The Bertz CT molecular complexity index is 748. The average molecular weight is 377 g/mol. The van der Waals surface area contributed by atoms with Crippen LogP contribution in [-0.4, -0.2) is 25.5 Å². The molecule has 1 heterocycles. The van der Waals surface area contributed by atoms with Crippen LogP contribution < -0.4 is 10.2 Å². The molecule has 0 aromatic heterocycles. The van der Waals surface area contributed by atoms with Crippen molar-refractivity contribution in [1.82, 2.24) is 5.32 Å². The highest BCUT2D eigenvalue weighted by molar-refractivity contribution is 6.42. The minimum absolute atomic E-state index is 0.0768. The normalized spacial score (nSPS) is 13.0. The van der Waals surface area contributed by atoms with E-state index in [1.165, 1.54) is 11.3 Å². The van der Waals surface area contributed by atoms with Crippen LogP contribution in [0.5, 0.6) is 0 Å². The zero-order valence-corrected chi connectivity index (χ0v) is 15.6. The predicted molar refractivity (Wildman–Crippen MR) is 105 cm³/mol. The van der Waals surface area contributed by atoms with Gasteiger partial charge in [-0.25, -0.2) is 0 Å². The van der Waals surface area contributed by atoms with Gasteiger partial charge in [0.25, 0.3) is 0 Å². The van der Waals surface area contributed by atoms with Gasteiger partial charge in [0.05, 0.1) is 10.0 Å². The van der Waals surface area contributed by atoms with Gasteiger partial charge in [0.15, 0.2) is 0 Å². The molecule has 2 aromatic rings. The summed E-state index contributed by atoms with van der Waals surface area (Å²) in [4.78, 5) is 14.4. The van der Waals surface area contributed by atoms with Gasteiger partial charge in [0.2, 0.25) is 5.91 Å². The van der Waals surface area contributed by atoms with Crippen molar-refractivity contribution >= 4 is 34.8 Å².